The molecule has 0 bridgehead atoms. The molecule has 13 heavy (non-hydrogen) atoms. The number of benzene rings is 1. The summed E-state index contributed by atoms with van der Waals surface area (Å²) >= 11 is 11.9. The van der Waals surface area contributed by atoms with Gasteiger partial charge in [0.2, 0.25) is 0 Å². The summed E-state index contributed by atoms with van der Waals surface area (Å²) in [6.07, 6.45) is 1.15. The molecule has 1 aromatic carbocycles. The number of nitrogens with two attached hydrogens (primary N) is 1. The molecule has 1 aliphatic carbocycles. The van der Waals surface area contributed by atoms with E-state index in [9.17, 15) is 0 Å². The minimum Gasteiger partial charge on any atom is -0.330 e. The molecule has 0 amide bonds. The summed E-state index contributed by atoms with van der Waals surface area (Å²) in [7, 11) is 0. The fourth-order valence-electron chi connectivity index (χ4n) is 1.69. The smallest absolute Gasteiger partial charge is 0.0441 e. The van der Waals surface area contributed by atoms with E-state index in [4.69, 9.17) is 28.9 Å². The van der Waals surface area contributed by atoms with Gasteiger partial charge >= 0.3 is 0 Å². The normalized spacial score (nSPS) is 26.1. The lowest BCUT2D eigenvalue weighted by Gasteiger charge is -2.03. The third-order valence-corrected chi connectivity index (χ3v) is 3.16. The molecule has 0 unspecified atom stereocenters. The Bertz CT molecular complexity index is 325. The Morgan fingerprint density at radius 2 is 2.15 bits per heavy atom. The van der Waals surface area contributed by atoms with Crippen LogP contribution in [0.2, 0.25) is 10.0 Å². The van der Waals surface area contributed by atoms with E-state index in [-0.39, 0.29) is 0 Å². The van der Waals surface area contributed by atoms with Crippen LogP contribution >= 0.6 is 23.2 Å². The van der Waals surface area contributed by atoms with Crippen LogP contribution in [0.15, 0.2) is 18.2 Å². The van der Waals surface area contributed by atoms with E-state index in [1.54, 1.807) is 0 Å². The highest BCUT2D eigenvalue weighted by Gasteiger charge is 2.38. The predicted molar refractivity (Wildman–Crippen MR) is 56.4 cm³/mol. The van der Waals surface area contributed by atoms with Crippen LogP contribution in [0.25, 0.3) is 0 Å². The lowest BCUT2D eigenvalue weighted by Crippen LogP contribution is -2.02. The van der Waals surface area contributed by atoms with Gasteiger partial charge in [0.25, 0.3) is 0 Å². The van der Waals surface area contributed by atoms with Gasteiger partial charge in [-0.05, 0) is 48.6 Å². The Morgan fingerprint density at radius 3 is 2.77 bits per heavy atom. The van der Waals surface area contributed by atoms with Gasteiger partial charge in [-0.25, -0.2) is 0 Å². The zero-order valence-corrected chi connectivity index (χ0v) is 8.65. The van der Waals surface area contributed by atoms with Gasteiger partial charge in [-0.2, -0.15) is 0 Å². The quantitative estimate of drug-likeness (QED) is 0.807. The van der Waals surface area contributed by atoms with Crippen molar-refractivity contribution in [1.29, 1.82) is 0 Å². The van der Waals surface area contributed by atoms with Crippen LogP contribution in [-0.4, -0.2) is 6.54 Å². The van der Waals surface area contributed by atoms with E-state index in [2.05, 4.69) is 0 Å². The van der Waals surface area contributed by atoms with Gasteiger partial charge < -0.3 is 5.73 Å². The Balaban J connectivity index is 2.25. The molecule has 0 radical (unpaired) electrons. The maximum atomic E-state index is 6.05. The predicted octanol–water partition coefficient (Wildman–Crippen LogP) is 3.06. The molecule has 2 N–H and O–H groups in total. The van der Waals surface area contributed by atoms with E-state index in [1.165, 1.54) is 0 Å². The summed E-state index contributed by atoms with van der Waals surface area (Å²) in [4.78, 5) is 0. The lowest BCUT2D eigenvalue weighted by molar-refractivity contribution is 0.810. The average molecular weight is 216 g/mol. The molecule has 0 aromatic heterocycles. The van der Waals surface area contributed by atoms with Gasteiger partial charge in [0.1, 0.15) is 0 Å². The first-order chi connectivity index (χ1) is 6.22. The van der Waals surface area contributed by atoms with Crippen LogP contribution in [0, 0.1) is 5.92 Å². The van der Waals surface area contributed by atoms with E-state index < -0.39 is 0 Å². The third kappa shape index (κ3) is 1.83. The average Bonchev–Trinajstić information content (AvgIpc) is 2.88. The highest BCUT2D eigenvalue weighted by Crippen LogP contribution is 2.49. The van der Waals surface area contributed by atoms with Crippen molar-refractivity contribution in [3.63, 3.8) is 0 Å². The maximum absolute atomic E-state index is 6.05. The minimum atomic E-state index is 0.538. The fraction of sp³-hybridized carbons (Fsp3) is 0.400. The van der Waals surface area contributed by atoms with Crippen molar-refractivity contribution in [2.75, 3.05) is 6.54 Å². The minimum absolute atomic E-state index is 0.538. The Morgan fingerprint density at radius 1 is 1.38 bits per heavy atom. The first kappa shape index (κ1) is 9.32. The van der Waals surface area contributed by atoms with Gasteiger partial charge in [-0.3, -0.25) is 0 Å². The summed E-state index contributed by atoms with van der Waals surface area (Å²) in [6.45, 7) is 0.744. The summed E-state index contributed by atoms with van der Waals surface area (Å²) in [5.74, 6) is 1.15. The van der Waals surface area contributed by atoms with E-state index in [0.29, 0.717) is 11.8 Å². The molecule has 1 saturated carbocycles. The second-order valence-electron chi connectivity index (χ2n) is 3.50. The van der Waals surface area contributed by atoms with Crippen LogP contribution in [0.4, 0.5) is 0 Å². The number of rotatable bonds is 2. The molecule has 1 nitrogen and oxygen atoms in total. The van der Waals surface area contributed by atoms with Crippen molar-refractivity contribution < 1.29 is 0 Å². The van der Waals surface area contributed by atoms with Gasteiger partial charge in [0.05, 0.1) is 0 Å². The summed E-state index contributed by atoms with van der Waals surface area (Å²) in [5.41, 5.74) is 6.73. The van der Waals surface area contributed by atoms with Gasteiger partial charge in [-0.1, -0.05) is 23.2 Å². The van der Waals surface area contributed by atoms with Gasteiger partial charge in [0.15, 0.2) is 0 Å². The van der Waals surface area contributed by atoms with E-state index in [0.717, 1.165) is 28.6 Å². The molecular formula is C10H11Cl2N. The maximum Gasteiger partial charge on any atom is 0.0441 e. The molecule has 0 spiro atoms. The molecule has 0 saturated heterocycles. The molecule has 0 heterocycles. The monoisotopic (exact) mass is 215 g/mol. The first-order valence-electron chi connectivity index (χ1n) is 4.37. The van der Waals surface area contributed by atoms with Crippen LogP contribution in [0.1, 0.15) is 17.9 Å². The molecule has 3 heteroatoms. The number of hydrogen-bond acceptors (Lipinski definition) is 1. The topological polar surface area (TPSA) is 26.0 Å². The molecule has 70 valence electrons. The van der Waals surface area contributed by atoms with Crippen molar-refractivity contribution in [2.45, 2.75) is 12.3 Å². The largest absolute Gasteiger partial charge is 0.330 e. The SMILES string of the molecule is NC[C@@H]1C[C@@H]1c1cc(Cl)ccc1Cl. The lowest BCUT2D eigenvalue weighted by atomic mass is 10.1. The molecular weight excluding hydrogens is 205 g/mol. The molecule has 1 aromatic rings. The third-order valence-electron chi connectivity index (χ3n) is 2.58. The van der Waals surface area contributed by atoms with Crippen molar-refractivity contribution >= 4 is 23.2 Å². The Hall–Kier alpha value is -0.240. The standard InChI is InChI=1S/C10H11Cl2N/c11-7-1-2-10(12)9(4-7)8-3-6(8)5-13/h1-2,4,6,8H,3,5,13H2/t6-,8-/m0/s1. The van der Waals surface area contributed by atoms with Crippen molar-refractivity contribution in [3.8, 4) is 0 Å². The van der Waals surface area contributed by atoms with Crippen molar-refractivity contribution in [1.82, 2.24) is 0 Å². The molecule has 2 rings (SSSR count). The number of halogens is 2. The molecule has 2 atom stereocenters. The van der Waals surface area contributed by atoms with Crippen LogP contribution in [0.3, 0.4) is 0 Å². The number of hydrogen-bond donors (Lipinski definition) is 1. The van der Waals surface area contributed by atoms with Crippen LogP contribution in [-0.2, 0) is 0 Å². The fourth-order valence-corrected chi connectivity index (χ4v) is 2.13. The Kier molecular flexibility index (Phi) is 2.50. The summed E-state index contributed by atoms with van der Waals surface area (Å²) in [5, 5.41) is 1.56. The first-order valence-corrected chi connectivity index (χ1v) is 5.13. The van der Waals surface area contributed by atoms with E-state index >= 15 is 0 Å². The Labute approximate surface area is 87.8 Å². The molecule has 1 fully saturated rings. The highest BCUT2D eigenvalue weighted by atomic mass is 35.5. The summed E-state index contributed by atoms with van der Waals surface area (Å²) in [6, 6.07) is 5.61. The zero-order chi connectivity index (χ0) is 9.42. The second kappa shape index (κ2) is 3.49. The van der Waals surface area contributed by atoms with Crippen LogP contribution < -0.4 is 5.73 Å². The van der Waals surface area contributed by atoms with E-state index in [1.807, 2.05) is 18.2 Å². The second-order valence-corrected chi connectivity index (χ2v) is 4.35. The van der Waals surface area contributed by atoms with Crippen molar-refractivity contribution in [3.05, 3.63) is 33.8 Å². The molecule has 1 aliphatic rings. The van der Waals surface area contributed by atoms with Gasteiger partial charge in [-0.15, -0.1) is 0 Å². The van der Waals surface area contributed by atoms with Crippen LogP contribution in [0.5, 0.6) is 0 Å². The highest BCUT2D eigenvalue weighted by molar-refractivity contribution is 6.33. The van der Waals surface area contributed by atoms with Crippen molar-refractivity contribution in [2.24, 2.45) is 11.7 Å². The summed E-state index contributed by atoms with van der Waals surface area (Å²) < 4.78 is 0. The zero-order valence-electron chi connectivity index (χ0n) is 7.13. The van der Waals surface area contributed by atoms with Gasteiger partial charge in [0, 0.05) is 10.0 Å². The molecule has 0 aliphatic heterocycles.